The van der Waals surface area contributed by atoms with Gasteiger partial charge in [-0.1, -0.05) is 55.0 Å². The van der Waals surface area contributed by atoms with Crippen LogP contribution in [0.3, 0.4) is 0 Å². The van der Waals surface area contributed by atoms with E-state index in [0.717, 1.165) is 56.1 Å². The van der Waals surface area contributed by atoms with Crippen molar-refractivity contribution in [3.05, 3.63) is 71.9 Å². The average Bonchev–Trinajstić information content (AvgIpc) is 3.21. The highest BCUT2D eigenvalue weighted by Gasteiger charge is 2.26. The zero-order valence-corrected chi connectivity index (χ0v) is 17.2. The Kier molecular flexibility index (Phi) is 5.76. The first-order valence-electron chi connectivity index (χ1n) is 10.4. The topological polar surface area (TPSA) is 41.4 Å². The maximum absolute atomic E-state index is 13.4. The Balaban J connectivity index is 1.67. The molecule has 1 aliphatic heterocycles. The number of hydrogen-bond donors (Lipinski definition) is 0. The smallest absolute Gasteiger partial charge is 0.257 e. The quantitative estimate of drug-likeness (QED) is 0.663. The first kappa shape index (κ1) is 19.4. The minimum atomic E-state index is 0.0684. The lowest BCUT2D eigenvalue weighted by Crippen LogP contribution is -2.48. The number of amides is 1. The van der Waals surface area contributed by atoms with Gasteiger partial charge >= 0.3 is 0 Å². The number of carbonyl (C=O) groups excluding carboxylic acids is 1. The fourth-order valence-electron chi connectivity index (χ4n) is 3.83. The molecule has 0 spiro atoms. The zero-order chi connectivity index (χ0) is 20.2. The van der Waals surface area contributed by atoms with E-state index >= 15 is 0 Å². The molecule has 5 heteroatoms. The summed E-state index contributed by atoms with van der Waals surface area (Å²) >= 11 is 0. The molecule has 0 radical (unpaired) electrons. The second-order valence-corrected chi connectivity index (χ2v) is 7.67. The summed E-state index contributed by atoms with van der Waals surface area (Å²) in [4.78, 5) is 17.8. The van der Waals surface area contributed by atoms with Crippen LogP contribution in [0.4, 0.5) is 0 Å². The summed E-state index contributed by atoms with van der Waals surface area (Å²) in [6.07, 6.45) is 3.03. The van der Waals surface area contributed by atoms with E-state index in [9.17, 15) is 4.79 Å². The van der Waals surface area contributed by atoms with Crippen LogP contribution in [0.15, 0.2) is 60.8 Å². The molecule has 1 amide bonds. The highest BCUT2D eigenvalue weighted by molar-refractivity contribution is 6.00. The first-order valence-corrected chi connectivity index (χ1v) is 10.4. The maximum atomic E-state index is 13.4. The van der Waals surface area contributed by atoms with Crippen molar-refractivity contribution in [1.29, 1.82) is 0 Å². The predicted molar refractivity (Wildman–Crippen MR) is 116 cm³/mol. The van der Waals surface area contributed by atoms with Gasteiger partial charge in [-0.3, -0.25) is 9.69 Å². The fourth-order valence-corrected chi connectivity index (χ4v) is 3.83. The molecule has 2 aromatic carbocycles. The van der Waals surface area contributed by atoms with Crippen molar-refractivity contribution in [3.63, 3.8) is 0 Å². The van der Waals surface area contributed by atoms with Crippen LogP contribution in [-0.2, 0) is 0 Å². The fraction of sp³-hybridized carbons (Fsp3) is 0.333. The molecule has 1 saturated heterocycles. The van der Waals surface area contributed by atoms with Crippen LogP contribution in [0.25, 0.3) is 16.9 Å². The van der Waals surface area contributed by atoms with E-state index in [4.69, 9.17) is 5.10 Å². The summed E-state index contributed by atoms with van der Waals surface area (Å²) in [6.45, 7) is 8.77. The molecule has 0 unspecified atom stereocenters. The summed E-state index contributed by atoms with van der Waals surface area (Å²) < 4.78 is 1.82. The molecule has 0 saturated carbocycles. The Morgan fingerprint density at radius 1 is 0.966 bits per heavy atom. The molecular formula is C24H28N4O. The third kappa shape index (κ3) is 4.25. The number of aryl methyl sites for hydroxylation is 1. The summed E-state index contributed by atoms with van der Waals surface area (Å²) in [6, 6.07) is 18.2. The Bertz CT molecular complexity index is 954. The molecule has 0 aliphatic carbocycles. The number of carbonyl (C=O) groups is 1. The molecule has 150 valence electrons. The lowest BCUT2D eigenvalue weighted by molar-refractivity contribution is 0.0638. The Labute approximate surface area is 172 Å². The average molecular weight is 389 g/mol. The highest BCUT2D eigenvalue weighted by atomic mass is 16.2. The number of aromatic nitrogens is 2. The molecule has 0 atom stereocenters. The normalized spacial score (nSPS) is 14.9. The first-order chi connectivity index (χ1) is 14.2. The van der Waals surface area contributed by atoms with Gasteiger partial charge in [-0.25, -0.2) is 4.68 Å². The van der Waals surface area contributed by atoms with Crippen LogP contribution in [0.5, 0.6) is 0 Å². The van der Waals surface area contributed by atoms with Gasteiger partial charge in [-0.2, -0.15) is 5.10 Å². The van der Waals surface area contributed by atoms with Gasteiger partial charge in [-0.05, 0) is 32.0 Å². The van der Waals surface area contributed by atoms with Crippen LogP contribution in [0.1, 0.15) is 29.3 Å². The Morgan fingerprint density at radius 2 is 1.66 bits per heavy atom. The molecule has 1 aliphatic rings. The van der Waals surface area contributed by atoms with E-state index in [2.05, 4.69) is 30.9 Å². The summed E-state index contributed by atoms with van der Waals surface area (Å²) in [5.41, 5.74) is 4.53. The summed E-state index contributed by atoms with van der Waals surface area (Å²) in [5, 5.41) is 4.80. The Morgan fingerprint density at radius 3 is 2.31 bits per heavy atom. The Hall–Kier alpha value is -2.92. The van der Waals surface area contributed by atoms with Gasteiger partial charge in [0.05, 0.1) is 11.3 Å². The minimum Gasteiger partial charge on any atom is -0.336 e. The largest absolute Gasteiger partial charge is 0.336 e. The van der Waals surface area contributed by atoms with Crippen molar-refractivity contribution in [2.24, 2.45) is 0 Å². The van der Waals surface area contributed by atoms with Crippen molar-refractivity contribution < 1.29 is 4.79 Å². The van der Waals surface area contributed by atoms with Gasteiger partial charge in [0, 0.05) is 37.9 Å². The highest BCUT2D eigenvalue weighted by Crippen LogP contribution is 2.26. The molecule has 4 rings (SSSR count). The van der Waals surface area contributed by atoms with Crippen molar-refractivity contribution in [1.82, 2.24) is 19.6 Å². The van der Waals surface area contributed by atoms with Gasteiger partial charge in [0.25, 0.3) is 5.91 Å². The van der Waals surface area contributed by atoms with Crippen LogP contribution in [0.2, 0.25) is 0 Å². The summed E-state index contributed by atoms with van der Waals surface area (Å²) in [7, 11) is 0. The van der Waals surface area contributed by atoms with Crippen molar-refractivity contribution in [3.8, 4) is 16.9 Å². The van der Waals surface area contributed by atoms with E-state index in [1.54, 1.807) is 0 Å². The zero-order valence-electron chi connectivity index (χ0n) is 17.2. The molecule has 5 nitrogen and oxygen atoms in total. The molecule has 0 N–H and O–H groups in total. The second kappa shape index (κ2) is 8.62. The van der Waals surface area contributed by atoms with E-state index in [1.807, 2.05) is 58.2 Å². The number of para-hydroxylation sites is 1. The molecule has 0 bridgehead atoms. The number of hydrogen-bond acceptors (Lipinski definition) is 3. The molecule has 29 heavy (non-hydrogen) atoms. The van der Waals surface area contributed by atoms with Crippen LogP contribution in [0, 0.1) is 6.92 Å². The molecule has 1 fully saturated rings. The van der Waals surface area contributed by atoms with E-state index in [1.165, 1.54) is 5.56 Å². The number of rotatable bonds is 5. The molecule has 2 heterocycles. The minimum absolute atomic E-state index is 0.0684. The van der Waals surface area contributed by atoms with Gasteiger partial charge in [0.15, 0.2) is 0 Å². The van der Waals surface area contributed by atoms with E-state index in [0.29, 0.717) is 5.56 Å². The second-order valence-electron chi connectivity index (χ2n) is 7.67. The molecule has 3 aromatic rings. The van der Waals surface area contributed by atoms with E-state index in [-0.39, 0.29) is 5.91 Å². The third-order valence-corrected chi connectivity index (χ3v) is 5.49. The van der Waals surface area contributed by atoms with Crippen LogP contribution >= 0.6 is 0 Å². The molecule has 1 aromatic heterocycles. The maximum Gasteiger partial charge on any atom is 0.257 e. The van der Waals surface area contributed by atoms with Gasteiger partial charge in [-0.15, -0.1) is 0 Å². The molecular weight excluding hydrogens is 360 g/mol. The summed E-state index contributed by atoms with van der Waals surface area (Å²) in [5.74, 6) is 0.0684. The number of piperazine rings is 1. The lowest BCUT2D eigenvalue weighted by Gasteiger charge is -2.34. The monoisotopic (exact) mass is 388 g/mol. The predicted octanol–water partition coefficient (Wildman–Crippen LogP) is 4.02. The van der Waals surface area contributed by atoms with E-state index < -0.39 is 0 Å². The van der Waals surface area contributed by atoms with Crippen LogP contribution in [-0.4, -0.2) is 58.2 Å². The van der Waals surface area contributed by atoms with Crippen LogP contribution < -0.4 is 0 Å². The number of benzene rings is 2. The lowest BCUT2D eigenvalue weighted by atomic mass is 10.1. The van der Waals surface area contributed by atoms with Gasteiger partial charge in [0.2, 0.25) is 0 Å². The van der Waals surface area contributed by atoms with Crippen molar-refractivity contribution in [2.45, 2.75) is 20.3 Å². The van der Waals surface area contributed by atoms with Gasteiger partial charge in [0.1, 0.15) is 5.69 Å². The SMILES string of the molecule is CCCN1CCN(C(=O)c2cn(-c3ccccc3)nc2-c2ccc(C)cc2)CC1. The van der Waals surface area contributed by atoms with Crippen molar-refractivity contribution in [2.75, 3.05) is 32.7 Å². The third-order valence-electron chi connectivity index (χ3n) is 5.49. The number of nitrogens with zero attached hydrogens (tertiary/aromatic N) is 4. The van der Waals surface area contributed by atoms with Gasteiger partial charge < -0.3 is 4.90 Å². The standard InChI is InChI=1S/C24H28N4O/c1-3-13-26-14-16-27(17-15-26)24(29)22-18-28(21-7-5-4-6-8-21)25-23(22)20-11-9-19(2)10-12-20/h4-12,18H,3,13-17H2,1-2H3. The van der Waals surface area contributed by atoms with Crippen molar-refractivity contribution >= 4 is 5.91 Å².